The predicted molar refractivity (Wildman–Crippen MR) is 151 cm³/mol. The quantitative estimate of drug-likeness (QED) is 0.275. The highest BCUT2D eigenvalue weighted by molar-refractivity contribution is 6.58. The fourth-order valence-electron chi connectivity index (χ4n) is 4.81. The second-order valence-corrected chi connectivity index (χ2v) is 8.91. The molecular formula is C32H24BNO2. The predicted octanol–water partition coefficient (Wildman–Crippen LogP) is 6.81. The molecule has 36 heavy (non-hydrogen) atoms. The highest BCUT2D eigenvalue weighted by atomic mass is 16.4. The molecule has 0 aliphatic carbocycles. The Morgan fingerprint density at radius 1 is 0.472 bits per heavy atom. The molecule has 0 amide bonds. The third kappa shape index (κ3) is 4.13. The van der Waals surface area contributed by atoms with Gasteiger partial charge >= 0.3 is 7.12 Å². The Bertz CT molecular complexity index is 1600. The summed E-state index contributed by atoms with van der Waals surface area (Å²) in [4.78, 5) is 2.20. The van der Waals surface area contributed by atoms with Crippen molar-refractivity contribution in [3.05, 3.63) is 133 Å². The van der Waals surface area contributed by atoms with Crippen LogP contribution in [0.1, 0.15) is 0 Å². The van der Waals surface area contributed by atoms with Gasteiger partial charge in [0, 0.05) is 16.9 Å². The fourth-order valence-corrected chi connectivity index (χ4v) is 4.81. The Hall–Kier alpha value is -4.38. The van der Waals surface area contributed by atoms with Crippen LogP contribution in [0.25, 0.3) is 32.7 Å². The van der Waals surface area contributed by atoms with Crippen LogP contribution in [0.5, 0.6) is 0 Å². The van der Waals surface area contributed by atoms with E-state index in [2.05, 4.69) is 77.7 Å². The molecule has 2 N–H and O–H groups in total. The van der Waals surface area contributed by atoms with Crippen LogP contribution in [0, 0.1) is 0 Å². The molecule has 0 aliphatic rings. The third-order valence-corrected chi connectivity index (χ3v) is 6.63. The Morgan fingerprint density at radius 3 is 1.56 bits per heavy atom. The summed E-state index contributed by atoms with van der Waals surface area (Å²) in [5.74, 6) is 0. The number of nitrogens with zero attached hydrogens (tertiary/aromatic N) is 1. The van der Waals surface area contributed by atoms with E-state index in [0.717, 1.165) is 39.0 Å². The van der Waals surface area contributed by atoms with E-state index < -0.39 is 7.12 Å². The summed E-state index contributed by atoms with van der Waals surface area (Å²) in [5, 5.41) is 24.7. The van der Waals surface area contributed by atoms with E-state index in [1.54, 1.807) is 6.07 Å². The summed E-state index contributed by atoms with van der Waals surface area (Å²) in [6.45, 7) is 0. The Labute approximate surface area is 210 Å². The van der Waals surface area contributed by atoms with Crippen LogP contribution in [0.2, 0.25) is 0 Å². The van der Waals surface area contributed by atoms with Crippen LogP contribution < -0.4 is 10.4 Å². The van der Waals surface area contributed by atoms with Gasteiger partial charge in [0.2, 0.25) is 0 Å². The van der Waals surface area contributed by atoms with Gasteiger partial charge in [0.05, 0.1) is 5.69 Å². The summed E-state index contributed by atoms with van der Waals surface area (Å²) in [6, 6.07) is 45.3. The van der Waals surface area contributed by atoms with Gasteiger partial charge in [-0.3, -0.25) is 0 Å². The molecule has 6 aromatic rings. The van der Waals surface area contributed by atoms with Crippen molar-refractivity contribution in [2.24, 2.45) is 0 Å². The van der Waals surface area contributed by atoms with Crippen LogP contribution in [-0.2, 0) is 0 Å². The van der Waals surface area contributed by atoms with Crippen molar-refractivity contribution < 1.29 is 10.0 Å². The SMILES string of the molecule is OB(O)c1ccc(-c2ccccc2)c(N(c2ccc3ccccc3c2)c2ccc3ccccc3c2)c1. The zero-order valence-electron chi connectivity index (χ0n) is 19.6. The van der Waals surface area contributed by atoms with Gasteiger partial charge in [-0.05, 0) is 62.9 Å². The van der Waals surface area contributed by atoms with Gasteiger partial charge in [-0.25, -0.2) is 0 Å². The molecule has 0 heterocycles. The van der Waals surface area contributed by atoms with Crippen molar-refractivity contribution in [3.63, 3.8) is 0 Å². The van der Waals surface area contributed by atoms with E-state index in [0.29, 0.717) is 5.46 Å². The van der Waals surface area contributed by atoms with Crippen LogP contribution in [0.3, 0.4) is 0 Å². The fraction of sp³-hybridized carbons (Fsp3) is 0. The summed E-state index contributed by atoms with van der Waals surface area (Å²) in [7, 11) is -1.57. The van der Waals surface area contributed by atoms with E-state index in [-0.39, 0.29) is 0 Å². The molecule has 0 radical (unpaired) electrons. The summed E-state index contributed by atoms with van der Waals surface area (Å²) in [5.41, 5.74) is 5.35. The maximum absolute atomic E-state index is 10.1. The lowest BCUT2D eigenvalue weighted by molar-refractivity contribution is 0.426. The number of rotatable bonds is 5. The second kappa shape index (κ2) is 9.35. The van der Waals surface area contributed by atoms with E-state index in [4.69, 9.17) is 0 Å². The number of fused-ring (bicyclic) bond motifs is 2. The van der Waals surface area contributed by atoms with Crippen LogP contribution in [0.15, 0.2) is 133 Å². The van der Waals surface area contributed by atoms with Crippen LogP contribution in [-0.4, -0.2) is 17.2 Å². The van der Waals surface area contributed by atoms with E-state index in [1.807, 2.05) is 54.6 Å². The Kier molecular flexibility index (Phi) is 5.74. The molecule has 172 valence electrons. The average molecular weight is 465 g/mol. The monoisotopic (exact) mass is 465 g/mol. The Balaban J connectivity index is 1.65. The number of hydrogen-bond acceptors (Lipinski definition) is 3. The molecule has 0 spiro atoms. The van der Waals surface area contributed by atoms with Gasteiger partial charge in [0.15, 0.2) is 0 Å². The standard InChI is InChI=1S/C32H24BNO2/c35-33(36)28-16-19-31(25-10-2-1-3-11-25)32(22-28)34(29-17-14-23-8-4-6-12-26(23)20-29)30-18-15-24-9-5-7-13-27(24)21-30/h1-22,35-36H. The van der Waals surface area contributed by atoms with Crippen molar-refractivity contribution in [1.29, 1.82) is 0 Å². The molecular weight excluding hydrogens is 441 g/mol. The van der Waals surface area contributed by atoms with Gasteiger partial charge in [-0.15, -0.1) is 0 Å². The molecule has 6 aromatic carbocycles. The first-order chi connectivity index (χ1) is 17.7. The molecule has 0 atom stereocenters. The normalized spacial score (nSPS) is 11.1. The largest absolute Gasteiger partial charge is 0.488 e. The first-order valence-electron chi connectivity index (χ1n) is 12.0. The zero-order valence-corrected chi connectivity index (χ0v) is 19.6. The van der Waals surface area contributed by atoms with Crippen LogP contribution >= 0.6 is 0 Å². The Morgan fingerprint density at radius 2 is 1.00 bits per heavy atom. The lowest BCUT2D eigenvalue weighted by Gasteiger charge is -2.29. The molecule has 0 fully saturated rings. The molecule has 4 heteroatoms. The zero-order chi connectivity index (χ0) is 24.5. The lowest BCUT2D eigenvalue weighted by Crippen LogP contribution is -2.30. The van der Waals surface area contributed by atoms with Gasteiger partial charge < -0.3 is 14.9 Å². The molecule has 0 saturated carbocycles. The highest BCUT2D eigenvalue weighted by Crippen LogP contribution is 2.42. The van der Waals surface area contributed by atoms with Crippen molar-refractivity contribution in [2.45, 2.75) is 0 Å². The minimum Gasteiger partial charge on any atom is -0.423 e. The van der Waals surface area contributed by atoms with Gasteiger partial charge in [-0.1, -0.05) is 103 Å². The molecule has 0 saturated heterocycles. The van der Waals surface area contributed by atoms with Gasteiger partial charge in [0.1, 0.15) is 0 Å². The highest BCUT2D eigenvalue weighted by Gasteiger charge is 2.21. The summed E-state index contributed by atoms with van der Waals surface area (Å²) in [6.07, 6.45) is 0. The molecule has 0 bridgehead atoms. The topological polar surface area (TPSA) is 43.7 Å². The number of anilines is 3. The first-order valence-corrected chi connectivity index (χ1v) is 12.0. The maximum atomic E-state index is 10.1. The smallest absolute Gasteiger partial charge is 0.423 e. The minimum atomic E-state index is -1.57. The van der Waals surface area contributed by atoms with Crippen molar-refractivity contribution >= 4 is 51.2 Å². The second-order valence-electron chi connectivity index (χ2n) is 8.91. The van der Waals surface area contributed by atoms with Gasteiger partial charge in [-0.2, -0.15) is 0 Å². The molecule has 3 nitrogen and oxygen atoms in total. The summed E-state index contributed by atoms with van der Waals surface area (Å²) < 4.78 is 0. The minimum absolute atomic E-state index is 0.441. The summed E-state index contributed by atoms with van der Waals surface area (Å²) >= 11 is 0. The maximum Gasteiger partial charge on any atom is 0.488 e. The molecule has 6 rings (SSSR count). The molecule has 0 aromatic heterocycles. The van der Waals surface area contributed by atoms with E-state index >= 15 is 0 Å². The van der Waals surface area contributed by atoms with Crippen molar-refractivity contribution in [1.82, 2.24) is 0 Å². The van der Waals surface area contributed by atoms with Crippen LogP contribution in [0.4, 0.5) is 17.1 Å². The number of benzene rings is 6. The average Bonchev–Trinajstić information content (AvgIpc) is 2.93. The number of hydrogen-bond donors (Lipinski definition) is 2. The molecule has 0 aliphatic heterocycles. The third-order valence-electron chi connectivity index (χ3n) is 6.63. The first kappa shape index (κ1) is 22.1. The van der Waals surface area contributed by atoms with Crippen molar-refractivity contribution in [2.75, 3.05) is 4.90 Å². The van der Waals surface area contributed by atoms with E-state index in [9.17, 15) is 10.0 Å². The lowest BCUT2D eigenvalue weighted by atomic mass is 9.79. The van der Waals surface area contributed by atoms with E-state index in [1.165, 1.54) is 10.8 Å². The van der Waals surface area contributed by atoms with Crippen molar-refractivity contribution in [3.8, 4) is 11.1 Å². The molecule has 0 unspecified atom stereocenters. The van der Waals surface area contributed by atoms with Gasteiger partial charge in [0.25, 0.3) is 0 Å².